The molecule has 136 valence electrons. The summed E-state index contributed by atoms with van der Waals surface area (Å²) in [4.78, 5) is 20.6. The third kappa shape index (κ3) is 4.84. The average molecular weight is 392 g/mol. The molecule has 9 nitrogen and oxygen atoms in total. The van der Waals surface area contributed by atoms with Crippen molar-refractivity contribution < 1.29 is 24.7 Å². The molecule has 3 atom stereocenters. The molecular formula is C14H15Cl2N3O6. The summed E-state index contributed by atoms with van der Waals surface area (Å²) in [7, 11) is 0. The van der Waals surface area contributed by atoms with E-state index in [-0.39, 0.29) is 25.4 Å². The normalized spacial score (nSPS) is 22.5. The molecule has 0 spiro atoms. The molecule has 0 aromatic carbocycles. The second kappa shape index (κ2) is 8.51. The van der Waals surface area contributed by atoms with E-state index in [2.05, 4.69) is 17.2 Å². The third-order valence-corrected chi connectivity index (χ3v) is 3.89. The van der Waals surface area contributed by atoms with Gasteiger partial charge >= 0.3 is 5.82 Å². The molecule has 11 heteroatoms. The van der Waals surface area contributed by atoms with E-state index in [0.717, 1.165) is 0 Å². The molecule has 1 aliphatic rings. The number of aliphatic hydroxyl groups excluding tert-OH is 2. The fourth-order valence-electron chi connectivity index (χ4n) is 2.32. The number of rotatable bonds is 5. The molecule has 2 heterocycles. The molecule has 1 aromatic heterocycles. The zero-order valence-electron chi connectivity index (χ0n) is 12.8. The van der Waals surface area contributed by atoms with Gasteiger partial charge in [0, 0.05) is 6.42 Å². The van der Waals surface area contributed by atoms with Gasteiger partial charge in [-0.05, 0) is 4.92 Å². The molecule has 0 radical (unpaired) electrons. The Hall–Kier alpha value is -1.83. The lowest BCUT2D eigenvalue weighted by Gasteiger charge is -2.10. The molecule has 1 aromatic rings. The number of hydrogen-bond donors (Lipinski definition) is 3. The summed E-state index contributed by atoms with van der Waals surface area (Å²) in [6, 6.07) is 1.25. The van der Waals surface area contributed by atoms with Gasteiger partial charge in [-0.25, -0.2) is 4.57 Å². The van der Waals surface area contributed by atoms with E-state index < -0.39 is 34.1 Å². The van der Waals surface area contributed by atoms with Crippen LogP contribution in [-0.4, -0.2) is 55.8 Å². The van der Waals surface area contributed by atoms with E-state index in [9.17, 15) is 20.0 Å². The Morgan fingerprint density at radius 3 is 2.88 bits per heavy atom. The predicted octanol–water partition coefficient (Wildman–Crippen LogP) is 0.308. The minimum Gasteiger partial charge on any atom is -0.394 e. The van der Waals surface area contributed by atoms with Crippen LogP contribution in [-0.2, 0) is 9.53 Å². The van der Waals surface area contributed by atoms with Gasteiger partial charge in [-0.2, -0.15) is 0 Å². The Balaban J connectivity index is 2.12. The second-order valence-electron chi connectivity index (χ2n) is 5.19. The van der Waals surface area contributed by atoms with Crippen LogP contribution in [0.25, 0.3) is 0 Å². The topological polar surface area (TPSA) is 127 Å². The highest BCUT2D eigenvalue weighted by Crippen LogP contribution is 2.32. The molecule has 2 rings (SSSR count). The predicted molar refractivity (Wildman–Crippen MR) is 88.1 cm³/mol. The summed E-state index contributed by atoms with van der Waals surface area (Å²) >= 11 is 10.7. The summed E-state index contributed by atoms with van der Waals surface area (Å²) < 4.78 is 6.67. The number of halogens is 2. The number of aromatic nitrogens is 1. The standard InChI is InChI=1S/C14H15Cl2N3O6/c15-13(16)14(22)17-3-1-2-8-4-11(19(23)24)18(6-8)12-5-9(21)10(7-20)25-12/h4,6,9-10,12-13,20-21H,3,5,7H2,(H,17,22)/t9-,10+,12+/m0/s1. The molecule has 25 heavy (non-hydrogen) atoms. The Morgan fingerprint density at radius 2 is 2.32 bits per heavy atom. The molecule has 0 unspecified atom stereocenters. The van der Waals surface area contributed by atoms with Gasteiger partial charge in [0.2, 0.25) is 6.23 Å². The van der Waals surface area contributed by atoms with Gasteiger partial charge < -0.3 is 30.4 Å². The second-order valence-corrected chi connectivity index (χ2v) is 6.28. The fraction of sp³-hybridized carbons (Fsp3) is 0.500. The molecule has 1 amide bonds. The Labute approximate surface area is 152 Å². The van der Waals surface area contributed by atoms with Gasteiger partial charge in [-0.15, -0.1) is 0 Å². The minimum atomic E-state index is -1.20. The van der Waals surface area contributed by atoms with Crippen molar-refractivity contribution in [1.82, 2.24) is 9.88 Å². The van der Waals surface area contributed by atoms with Gasteiger partial charge in [-0.3, -0.25) is 4.79 Å². The van der Waals surface area contributed by atoms with Gasteiger partial charge in [-0.1, -0.05) is 35.0 Å². The molecule has 3 N–H and O–H groups in total. The van der Waals surface area contributed by atoms with Crippen molar-refractivity contribution in [2.75, 3.05) is 13.2 Å². The zero-order valence-corrected chi connectivity index (χ0v) is 14.3. The maximum Gasteiger partial charge on any atom is 0.326 e. The van der Waals surface area contributed by atoms with Crippen molar-refractivity contribution in [3.63, 3.8) is 0 Å². The number of alkyl halides is 2. The highest BCUT2D eigenvalue weighted by atomic mass is 35.5. The first kappa shape index (κ1) is 19.5. The monoisotopic (exact) mass is 391 g/mol. The van der Waals surface area contributed by atoms with Gasteiger partial charge in [0.05, 0.1) is 30.9 Å². The number of aliphatic hydroxyl groups is 2. The van der Waals surface area contributed by atoms with Crippen LogP contribution in [0, 0.1) is 22.0 Å². The summed E-state index contributed by atoms with van der Waals surface area (Å²) in [5.41, 5.74) is 0.333. The Kier molecular flexibility index (Phi) is 6.64. The van der Waals surface area contributed by atoms with E-state index in [1.54, 1.807) is 0 Å². The van der Waals surface area contributed by atoms with Crippen LogP contribution in [0.2, 0.25) is 0 Å². The molecule has 0 saturated carbocycles. The number of nitrogens with zero attached hydrogens (tertiary/aromatic N) is 2. The van der Waals surface area contributed by atoms with Crippen LogP contribution in [0.15, 0.2) is 12.3 Å². The molecule has 0 aliphatic carbocycles. The first-order valence-corrected chi connectivity index (χ1v) is 8.06. The quantitative estimate of drug-likeness (QED) is 0.287. The fourth-order valence-corrected chi connectivity index (χ4v) is 2.47. The Morgan fingerprint density at radius 1 is 1.60 bits per heavy atom. The van der Waals surface area contributed by atoms with Gasteiger partial charge in [0.15, 0.2) is 4.84 Å². The molecular weight excluding hydrogens is 377 g/mol. The van der Waals surface area contributed by atoms with Crippen molar-refractivity contribution in [2.45, 2.75) is 29.7 Å². The van der Waals surface area contributed by atoms with Crippen molar-refractivity contribution >= 4 is 34.9 Å². The maximum absolute atomic E-state index is 11.2. The van der Waals surface area contributed by atoms with E-state index in [1.165, 1.54) is 16.8 Å². The maximum atomic E-state index is 11.2. The Bertz CT molecular complexity index is 711. The van der Waals surface area contributed by atoms with Crippen LogP contribution >= 0.6 is 23.2 Å². The highest BCUT2D eigenvalue weighted by Gasteiger charge is 2.39. The van der Waals surface area contributed by atoms with Gasteiger partial charge in [0.1, 0.15) is 12.3 Å². The smallest absolute Gasteiger partial charge is 0.326 e. The number of nitro groups is 1. The summed E-state index contributed by atoms with van der Waals surface area (Å²) in [5, 5.41) is 32.4. The largest absolute Gasteiger partial charge is 0.394 e. The molecule has 1 saturated heterocycles. The van der Waals surface area contributed by atoms with E-state index in [4.69, 9.17) is 33.0 Å². The molecule has 1 fully saturated rings. The van der Waals surface area contributed by atoms with Crippen molar-refractivity contribution in [2.24, 2.45) is 0 Å². The lowest BCUT2D eigenvalue weighted by molar-refractivity contribution is -0.393. The molecule has 1 aliphatic heterocycles. The van der Waals surface area contributed by atoms with Crippen LogP contribution in [0.1, 0.15) is 18.2 Å². The third-order valence-electron chi connectivity index (χ3n) is 3.49. The average Bonchev–Trinajstić information content (AvgIpc) is 3.14. The summed E-state index contributed by atoms with van der Waals surface area (Å²) in [6.45, 7) is -0.416. The first-order valence-electron chi connectivity index (χ1n) is 7.19. The van der Waals surface area contributed by atoms with Crippen molar-refractivity contribution in [3.8, 4) is 11.8 Å². The number of hydrogen-bond acceptors (Lipinski definition) is 6. The number of nitrogens with one attached hydrogen (secondary N) is 1. The SMILES string of the molecule is O=C(NCC#Cc1cc([N+](=O)[O-])n([C@H]2C[C@H](O)[C@@H](CO)O2)c1)C(Cl)Cl. The van der Waals surface area contributed by atoms with E-state index >= 15 is 0 Å². The van der Waals surface area contributed by atoms with Crippen molar-refractivity contribution in [3.05, 3.63) is 27.9 Å². The van der Waals surface area contributed by atoms with Gasteiger partial charge in [0.25, 0.3) is 5.91 Å². The van der Waals surface area contributed by atoms with E-state index in [0.29, 0.717) is 5.56 Å². The zero-order chi connectivity index (χ0) is 18.6. The number of amides is 1. The summed E-state index contributed by atoms with van der Waals surface area (Å²) in [5.74, 6) is 4.44. The van der Waals surface area contributed by atoms with Crippen LogP contribution in [0.3, 0.4) is 0 Å². The number of ether oxygens (including phenoxy) is 1. The van der Waals surface area contributed by atoms with Crippen molar-refractivity contribution in [1.29, 1.82) is 0 Å². The number of carbonyl (C=O) groups is 1. The molecule has 0 bridgehead atoms. The van der Waals surface area contributed by atoms with E-state index in [1.807, 2.05) is 0 Å². The minimum absolute atomic E-state index is 0.0288. The number of carbonyl (C=O) groups excluding carboxylic acids is 1. The highest BCUT2D eigenvalue weighted by molar-refractivity contribution is 6.53. The van der Waals surface area contributed by atoms with Crippen LogP contribution in [0.4, 0.5) is 5.82 Å². The lowest BCUT2D eigenvalue weighted by atomic mass is 10.2. The van der Waals surface area contributed by atoms with Crippen LogP contribution < -0.4 is 5.32 Å². The summed E-state index contributed by atoms with van der Waals surface area (Å²) in [6.07, 6.45) is -0.973. The lowest BCUT2D eigenvalue weighted by Crippen LogP contribution is -2.28. The van der Waals surface area contributed by atoms with Crippen LogP contribution in [0.5, 0.6) is 0 Å². The first-order chi connectivity index (χ1) is 11.8.